The first-order valence-corrected chi connectivity index (χ1v) is 10.5. The van der Waals surface area contributed by atoms with Crippen LogP contribution in [0.1, 0.15) is 66.2 Å². The van der Waals surface area contributed by atoms with Gasteiger partial charge in [-0.25, -0.2) is 0 Å². The van der Waals surface area contributed by atoms with Crippen LogP contribution in [0.5, 0.6) is 0 Å². The van der Waals surface area contributed by atoms with Crippen LogP contribution in [0.4, 0.5) is 0 Å². The lowest BCUT2D eigenvalue weighted by Gasteiger charge is -2.56. The van der Waals surface area contributed by atoms with Crippen LogP contribution in [0, 0.1) is 28.6 Å². The van der Waals surface area contributed by atoms with Gasteiger partial charge in [-0.3, -0.25) is 9.59 Å². The smallest absolute Gasteiger partial charge is 0.303 e. The third kappa shape index (κ3) is 2.96. The van der Waals surface area contributed by atoms with Crippen LogP contribution in [0.2, 0.25) is 0 Å². The van der Waals surface area contributed by atoms with E-state index in [1.165, 1.54) is 25.8 Å². The molecule has 2 saturated carbocycles. The summed E-state index contributed by atoms with van der Waals surface area (Å²) >= 11 is 0. The fraction of sp³-hybridized carbons (Fsp3) is 0.739. The lowest BCUT2D eigenvalue weighted by molar-refractivity contribution is -0.155. The molecule has 0 amide bonds. The average molecular weight is 373 g/mol. The Labute approximate surface area is 162 Å². The monoisotopic (exact) mass is 372 g/mol. The van der Waals surface area contributed by atoms with E-state index in [1.54, 1.807) is 0 Å². The minimum Gasteiger partial charge on any atom is -0.462 e. The van der Waals surface area contributed by atoms with E-state index in [4.69, 9.17) is 9.47 Å². The van der Waals surface area contributed by atoms with Crippen LogP contribution < -0.4 is 0 Å². The summed E-state index contributed by atoms with van der Waals surface area (Å²) in [5, 5.41) is 0. The summed E-state index contributed by atoms with van der Waals surface area (Å²) in [4.78, 5) is 22.9. The molecule has 0 aromatic heterocycles. The van der Waals surface area contributed by atoms with Crippen molar-refractivity contribution in [2.24, 2.45) is 28.6 Å². The molecule has 0 aliphatic heterocycles. The molecule has 4 nitrogen and oxygen atoms in total. The van der Waals surface area contributed by atoms with Crippen molar-refractivity contribution in [3.8, 4) is 0 Å². The van der Waals surface area contributed by atoms with Gasteiger partial charge in [0.1, 0.15) is 12.2 Å². The average Bonchev–Trinajstić information content (AvgIpc) is 2.91. The van der Waals surface area contributed by atoms with E-state index in [0.717, 1.165) is 32.1 Å². The van der Waals surface area contributed by atoms with Crippen molar-refractivity contribution in [2.75, 3.05) is 0 Å². The minimum atomic E-state index is -0.200. The Bertz CT molecular complexity index is 707. The van der Waals surface area contributed by atoms with Gasteiger partial charge in [-0.2, -0.15) is 0 Å². The molecular weight excluding hydrogens is 340 g/mol. The van der Waals surface area contributed by atoms with E-state index >= 15 is 0 Å². The second kappa shape index (κ2) is 6.49. The minimum absolute atomic E-state index is 0.0683. The van der Waals surface area contributed by atoms with Crippen molar-refractivity contribution in [2.45, 2.75) is 78.4 Å². The maximum absolute atomic E-state index is 11.6. The normalized spacial score (nSPS) is 45.2. The molecule has 4 rings (SSSR count). The first-order valence-electron chi connectivity index (χ1n) is 10.5. The number of esters is 2. The molecule has 2 fully saturated rings. The van der Waals surface area contributed by atoms with Crippen LogP contribution in [0.3, 0.4) is 0 Å². The van der Waals surface area contributed by atoms with Gasteiger partial charge in [0, 0.05) is 19.3 Å². The van der Waals surface area contributed by atoms with Crippen molar-refractivity contribution >= 4 is 11.9 Å². The molecule has 27 heavy (non-hydrogen) atoms. The van der Waals surface area contributed by atoms with Gasteiger partial charge in [0.05, 0.1) is 0 Å². The topological polar surface area (TPSA) is 52.6 Å². The summed E-state index contributed by atoms with van der Waals surface area (Å²) in [6.07, 6.45) is 13.3. The number of fused-ring (bicyclic) bond motifs is 5. The fourth-order valence-electron chi connectivity index (χ4n) is 6.78. The molecule has 4 heteroatoms. The highest BCUT2D eigenvalue weighted by Crippen LogP contribution is 2.64. The zero-order valence-corrected chi connectivity index (χ0v) is 17.0. The van der Waals surface area contributed by atoms with Crippen molar-refractivity contribution in [3.05, 3.63) is 23.8 Å². The van der Waals surface area contributed by atoms with Crippen molar-refractivity contribution in [3.63, 3.8) is 0 Å². The predicted octanol–water partition coefficient (Wildman–Crippen LogP) is 4.59. The van der Waals surface area contributed by atoms with E-state index in [9.17, 15) is 9.59 Å². The van der Waals surface area contributed by atoms with Gasteiger partial charge in [0.15, 0.2) is 0 Å². The standard InChI is InChI=1S/C23H32O4/c1-14(24)26-17-9-11-22(3)16(13-17)5-6-18-19-7-8-21(27-15(2)25)23(19,4)12-10-20(18)22/h5-6,13,17-21H,7-12H2,1-4H3/t17-,18-,19-,20-,21-,22-,23-/m0/s1. The molecule has 0 radical (unpaired) electrons. The zero-order valence-electron chi connectivity index (χ0n) is 17.0. The van der Waals surface area contributed by atoms with Crippen LogP contribution in [0.25, 0.3) is 0 Å². The molecule has 0 aromatic rings. The number of allylic oxidation sites excluding steroid dienone is 3. The lowest BCUT2D eigenvalue weighted by Crippen LogP contribution is -2.50. The maximum Gasteiger partial charge on any atom is 0.303 e. The summed E-state index contributed by atoms with van der Waals surface area (Å²) in [6, 6.07) is 0. The quantitative estimate of drug-likeness (QED) is 0.665. The third-order valence-electron chi connectivity index (χ3n) is 8.16. The zero-order chi connectivity index (χ0) is 19.4. The Morgan fingerprint density at radius 2 is 1.70 bits per heavy atom. The second-order valence-corrected chi connectivity index (χ2v) is 9.60. The van der Waals surface area contributed by atoms with E-state index in [2.05, 4.69) is 32.1 Å². The van der Waals surface area contributed by atoms with Crippen LogP contribution in [-0.4, -0.2) is 24.1 Å². The van der Waals surface area contributed by atoms with Gasteiger partial charge < -0.3 is 9.47 Å². The van der Waals surface area contributed by atoms with E-state index in [-0.39, 0.29) is 35.0 Å². The molecule has 4 aliphatic carbocycles. The lowest BCUT2D eigenvalue weighted by atomic mass is 9.49. The summed E-state index contributed by atoms with van der Waals surface area (Å²) in [6.45, 7) is 7.77. The van der Waals surface area contributed by atoms with Gasteiger partial charge >= 0.3 is 11.9 Å². The largest absolute Gasteiger partial charge is 0.462 e. The molecule has 0 N–H and O–H groups in total. The Hall–Kier alpha value is -1.58. The van der Waals surface area contributed by atoms with Crippen LogP contribution >= 0.6 is 0 Å². The molecule has 0 saturated heterocycles. The van der Waals surface area contributed by atoms with Gasteiger partial charge in [-0.15, -0.1) is 0 Å². The molecule has 4 aliphatic rings. The summed E-state index contributed by atoms with van der Waals surface area (Å²) in [5.74, 6) is 1.41. The van der Waals surface area contributed by atoms with Gasteiger partial charge in [0.25, 0.3) is 0 Å². The molecule has 0 bridgehead atoms. The third-order valence-corrected chi connectivity index (χ3v) is 8.16. The molecule has 0 heterocycles. The van der Waals surface area contributed by atoms with Gasteiger partial charge in [-0.05, 0) is 73.3 Å². The Morgan fingerprint density at radius 3 is 2.41 bits per heavy atom. The fourth-order valence-corrected chi connectivity index (χ4v) is 6.78. The van der Waals surface area contributed by atoms with Crippen molar-refractivity contribution in [1.82, 2.24) is 0 Å². The first-order chi connectivity index (χ1) is 12.7. The summed E-state index contributed by atoms with van der Waals surface area (Å²) < 4.78 is 11.2. The molecule has 7 atom stereocenters. The van der Waals surface area contributed by atoms with Crippen molar-refractivity contribution < 1.29 is 19.1 Å². The maximum atomic E-state index is 11.6. The number of rotatable bonds is 2. The highest BCUT2D eigenvalue weighted by atomic mass is 16.5. The molecule has 148 valence electrons. The Morgan fingerprint density at radius 1 is 0.963 bits per heavy atom. The van der Waals surface area contributed by atoms with E-state index in [1.807, 2.05) is 0 Å². The van der Waals surface area contributed by atoms with Gasteiger partial charge in [0.2, 0.25) is 0 Å². The summed E-state index contributed by atoms with van der Waals surface area (Å²) in [5.41, 5.74) is 1.61. The number of hydrogen-bond acceptors (Lipinski definition) is 4. The highest BCUT2D eigenvalue weighted by Gasteiger charge is 2.59. The number of ether oxygens (including phenoxy) is 2. The molecule has 0 spiro atoms. The summed E-state index contributed by atoms with van der Waals surface area (Å²) in [7, 11) is 0. The number of carbonyl (C=O) groups is 2. The predicted molar refractivity (Wildman–Crippen MR) is 103 cm³/mol. The highest BCUT2D eigenvalue weighted by molar-refractivity contribution is 5.66. The van der Waals surface area contributed by atoms with Crippen LogP contribution in [-0.2, 0) is 19.1 Å². The molecule has 0 unspecified atom stereocenters. The Kier molecular flexibility index (Phi) is 4.51. The second-order valence-electron chi connectivity index (χ2n) is 9.60. The van der Waals surface area contributed by atoms with E-state index in [0.29, 0.717) is 17.8 Å². The number of hydrogen-bond donors (Lipinski definition) is 0. The van der Waals surface area contributed by atoms with E-state index < -0.39 is 0 Å². The van der Waals surface area contributed by atoms with Gasteiger partial charge in [-0.1, -0.05) is 26.0 Å². The molecule has 0 aromatic carbocycles. The Balaban J connectivity index is 1.61. The van der Waals surface area contributed by atoms with Crippen molar-refractivity contribution in [1.29, 1.82) is 0 Å². The first kappa shape index (κ1) is 18.8. The number of carbonyl (C=O) groups excluding carboxylic acids is 2. The molecular formula is C23H32O4. The SMILES string of the molecule is CC(=O)O[C@@H]1C=C2C=C[C@H]3[C@@H]4CC[C@H](OC(C)=O)[C@@]4(C)CC[C@@H]3[C@@]2(C)CC1. The van der Waals surface area contributed by atoms with Crippen LogP contribution in [0.15, 0.2) is 23.8 Å².